The van der Waals surface area contributed by atoms with E-state index in [-0.39, 0.29) is 5.54 Å². The normalized spacial score (nSPS) is 40.4. The highest BCUT2D eigenvalue weighted by molar-refractivity contribution is 4.98. The van der Waals surface area contributed by atoms with Crippen LogP contribution in [0.15, 0.2) is 0 Å². The molecule has 1 aliphatic carbocycles. The van der Waals surface area contributed by atoms with Crippen LogP contribution in [0.5, 0.6) is 0 Å². The molecule has 0 bridgehead atoms. The molecule has 1 saturated heterocycles. The highest BCUT2D eigenvalue weighted by Gasteiger charge is 2.42. The van der Waals surface area contributed by atoms with Crippen LogP contribution in [0.2, 0.25) is 0 Å². The van der Waals surface area contributed by atoms with Gasteiger partial charge in [0, 0.05) is 24.7 Å². The van der Waals surface area contributed by atoms with Gasteiger partial charge in [0.15, 0.2) is 0 Å². The third kappa shape index (κ3) is 2.67. The summed E-state index contributed by atoms with van der Waals surface area (Å²) in [6.45, 7) is 8.23. The Bertz CT molecular complexity index is 246. The average molecular weight is 240 g/mol. The molecule has 2 N–H and O–H groups in total. The minimum atomic E-state index is 0.266. The summed E-state index contributed by atoms with van der Waals surface area (Å²) < 4.78 is 5.56. The van der Waals surface area contributed by atoms with E-state index in [9.17, 15) is 0 Å². The van der Waals surface area contributed by atoms with Gasteiger partial charge in [0.2, 0.25) is 0 Å². The zero-order valence-corrected chi connectivity index (χ0v) is 11.5. The summed E-state index contributed by atoms with van der Waals surface area (Å²) in [6, 6.07) is 0.530. The largest absolute Gasteiger partial charge is 0.379 e. The molecule has 1 heterocycles. The van der Waals surface area contributed by atoms with Crippen molar-refractivity contribution in [2.45, 2.75) is 57.5 Å². The molecule has 1 aliphatic heterocycles. The van der Waals surface area contributed by atoms with E-state index >= 15 is 0 Å². The van der Waals surface area contributed by atoms with E-state index < -0.39 is 0 Å². The predicted octanol–water partition coefficient (Wildman–Crippen LogP) is 2.00. The van der Waals surface area contributed by atoms with Gasteiger partial charge in [-0.25, -0.2) is 0 Å². The molecule has 3 unspecified atom stereocenters. The van der Waals surface area contributed by atoms with Gasteiger partial charge < -0.3 is 10.5 Å². The fraction of sp³-hybridized carbons (Fsp3) is 1.00. The Morgan fingerprint density at radius 1 is 1.47 bits per heavy atom. The molecule has 2 aliphatic rings. The van der Waals surface area contributed by atoms with Crippen LogP contribution in [0.25, 0.3) is 0 Å². The fourth-order valence-electron chi connectivity index (χ4n) is 3.81. The first-order chi connectivity index (χ1) is 8.22. The second-order valence-corrected chi connectivity index (χ2v) is 5.92. The Morgan fingerprint density at radius 2 is 2.29 bits per heavy atom. The van der Waals surface area contributed by atoms with Crippen LogP contribution in [0.4, 0.5) is 0 Å². The highest BCUT2D eigenvalue weighted by atomic mass is 16.5. The lowest BCUT2D eigenvalue weighted by atomic mass is 9.73. The van der Waals surface area contributed by atoms with Crippen LogP contribution in [0, 0.1) is 5.92 Å². The molecular formula is C14H28N2O. The summed E-state index contributed by atoms with van der Waals surface area (Å²) in [5.41, 5.74) is 6.43. The molecular weight excluding hydrogens is 212 g/mol. The van der Waals surface area contributed by atoms with Crippen LogP contribution in [0.3, 0.4) is 0 Å². The number of nitrogens with two attached hydrogens (primary N) is 1. The van der Waals surface area contributed by atoms with Crippen molar-refractivity contribution in [1.29, 1.82) is 0 Å². The van der Waals surface area contributed by atoms with Crippen LogP contribution < -0.4 is 5.73 Å². The van der Waals surface area contributed by atoms with Gasteiger partial charge >= 0.3 is 0 Å². The molecule has 0 spiro atoms. The molecule has 0 radical (unpaired) electrons. The molecule has 17 heavy (non-hydrogen) atoms. The van der Waals surface area contributed by atoms with E-state index in [2.05, 4.69) is 18.7 Å². The van der Waals surface area contributed by atoms with E-state index in [0.29, 0.717) is 6.04 Å². The standard InChI is InChI=1S/C14H28N2O/c1-3-13-5-4-6-14(9-13,11-15)16-7-8-17-10-12(16)2/h12-13H,3-11,15H2,1-2H3. The van der Waals surface area contributed by atoms with Crippen LogP contribution in [-0.4, -0.2) is 42.8 Å². The average Bonchev–Trinajstić information content (AvgIpc) is 2.39. The Labute approximate surface area is 106 Å². The molecule has 0 aromatic rings. The minimum Gasteiger partial charge on any atom is -0.379 e. The first kappa shape index (κ1) is 13.3. The fourth-order valence-corrected chi connectivity index (χ4v) is 3.81. The molecule has 100 valence electrons. The maximum Gasteiger partial charge on any atom is 0.0620 e. The van der Waals surface area contributed by atoms with Gasteiger partial charge in [-0.1, -0.05) is 26.2 Å². The summed E-state index contributed by atoms with van der Waals surface area (Å²) in [6.07, 6.45) is 6.63. The molecule has 2 rings (SSSR count). The molecule has 0 amide bonds. The second kappa shape index (κ2) is 5.68. The van der Waals surface area contributed by atoms with Crippen LogP contribution >= 0.6 is 0 Å². The van der Waals surface area contributed by atoms with Crippen LogP contribution in [0.1, 0.15) is 46.0 Å². The maximum absolute atomic E-state index is 6.17. The number of hydrogen-bond donors (Lipinski definition) is 1. The number of nitrogens with zero attached hydrogens (tertiary/aromatic N) is 1. The van der Waals surface area contributed by atoms with Crippen molar-refractivity contribution in [1.82, 2.24) is 4.90 Å². The van der Waals surface area contributed by atoms with Gasteiger partial charge in [0.05, 0.1) is 13.2 Å². The van der Waals surface area contributed by atoms with Crippen molar-refractivity contribution >= 4 is 0 Å². The number of hydrogen-bond acceptors (Lipinski definition) is 3. The molecule has 2 fully saturated rings. The van der Waals surface area contributed by atoms with Gasteiger partial charge in [0.1, 0.15) is 0 Å². The lowest BCUT2D eigenvalue weighted by Crippen LogP contribution is -2.62. The molecule has 3 heteroatoms. The molecule has 3 nitrogen and oxygen atoms in total. The van der Waals surface area contributed by atoms with E-state index in [1.807, 2.05) is 0 Å². The summed E-state index contributed by atoms with van der Waals surface area (Å²) in [5, 5.41) is 0. The van der Waals surface area contributed by atoms with Crippen LogP contribution in [-0.2, 0) is 4.74 Å². The zero-order chi connectivity index (χ0) is 12.3. The lowest BCUT2D eigenvalue weighted by molar-refractivity contribution is -0.0755. The summed E-state index contributed by atoms with van der Waals surface area (Å²) in [7, 11) is 0. The molecule has 0 aromatic heterocycles. The number of rotatable bonds is 3. The maximum atomic E-state index is 6.17. The monoisotopic (exact) mass is 240 g/mol. The van der Waals surface area contributed by atoms with Crippen molar-refractivity contribution in [3.8, 4) is 0 Å². The van der Waals surface area contributed by atoms with Crippen molar-refractivity contribution < 1.29 is 4.74 Å². The zero-order valence-electron chi connectivity index (χ0n) is 11.5. The second-order valence-electron chi connectivity index (χ2n) is 5.92. The Kier molecular flexibility index (Phi) is 4.45. The topological polar surface area (TPSA) is 38.5 Å². The molecule has 1 saturated carbocycles. The van der Waals surface area contributed by atoms with Crippen molar-refractivity contribution in [2.75, 3.05) is 26.3 Å². The van der Waals surface area contributed by atoms with Gasteiger partial charge in [-0.05, 0) is 25.7 Å². The first-order valence-electron chi connectivity index (χ1n) is 7.26. The van der Waals surface area contributed by atoms with Gasteiger partial charge in [-0.3, -0.25) is 4.90 Å². The summed E-state index contributed by atoms with van der Waals surface area (Å²) >= 11 is 0. The van der Waals surface area contributed by atoms with Crippen molar-refractivity contribution in [3.63, 3.8) is 0 Å². The van der Waals surface area contributed by atoms with Gasteiger partial charge in [0.25, 0.3) is 0 Å². The minimum absolute atomic E-state index is 0.266. The Hall–Kier alpha value is -0.120. The van der Waals surface area contributed by atoms with E-state index in [1.54, 1.807) is 0 Å². The Balaban J connectivity index is 2.11. The first-order valence-corrected chi connectivity index (χ1v) is 7.26. The Morgan fingerprint density at radius 3 is 2.94 bits per heavy atom. The van der Waals surface area contributed by atoms with Crippen molar-refractivity contribution in [2.24, 2.45) is 11.7 Å². The van der Waals surface area contributed by atoms with Crippen molar-refractivity contribution in [3.05, 3.63) is 0 Å². The van der Waals surface area contributed by atoms with Gasteiger partial charge in [-0.15, -0.1) is 0 Å². The molecule has 3 atom stereocenters. The SMILES string of the molecule is CCC1CCCC(CN)(N2CCOCC2C)C1. The smallest absolute Gasteiger partial charge is 0.0620 e. The third-order valence-corrected chi connectivity index (χ3v) is 4.86. The third-order valence-electron chi connectivity index (χ3n) is 4.86. The highest BCUT2D eigenvalue weighted by Crippen LogP contribution is 2.39. The summed E-state index contributed by atoms with van der Waals surface area (Å²) in [5.74, 6) is 0.877. The summed E-state index contributed by atoms with van der Waals surface area (Å²) in [4.78, 5) is 2.65. The predicted molar refractivity (Wildman–Crippen MR) is 71.0 cm³/mol. The van der Waals surface area contributed by atoms with E-state index in [0.717, 1.165) is 32.2 Å². The number of morpholine rings is 1. The van der Waals surface area contributed by atoms with E-state index in [4.69, 9.17) is 10.5 Å². The number of ether oxygens (including phenoxy) is 1. The quantitative estimate of drug-likeness (QED) is 0.820. The molecule has 0 aromatic carbocycles. The lowest BCUT2D eigenvalue weighted by Gasteiger charge is -2.52. The van der Waals surface area contributed by atoms with Gasteiger partial charge in [-0.2, -0.15) is 0 Å². The van der Waals surface area contributed by atoms with E-state index in [1.165, 1.54) is 32.1 Å².